The Morgan fingerprint density at radius 2 is 1.79 bits per heavy atom. The molecule has 0 aromatic carbocycles. The van der Waals surface area contributed by atoms with Gasteiger partial charge in [0.1, 0.15) is 0 Å². The van der Waals surface area contributed by atoms with Gasteiger partial charge in [0.2, 0.25) is 5.91 Å². The van der Waals surface area contributed by atoms with Crippen molar-refractivity contribution in [3.63, 3.8) is 0 Å². The van der Waals surface area contributed by atoms with Crippen molar-refractivity contribution in [2.24, 2.45) is 17.8 Å². The zero-order chi connectivity index (χ0) is 14.4. The van der Waals surface area contributed by atoms with Crippen LogP contribution in [0.1, 0.15) is 39.0 Å². The van der Waals surface area contributed by atoms with Crippen LogP contribution in [0.3, 0.4) is 0 Å². The highest BCUT2D eigenvalue weighted by molar-refractivity contribution is 5.85. The minimum absolute atomic E-state index is 0.0410. The minimum atomic E-state index is -0.851. The van der Waals surface area contributed by atoms with Crippen molar-refractivity contribution in [2.75, 3.05) is 20.2 Å². The number of carboxylic acid groups (broad SMARTS) is 1. The molecule has 0 saturated heterocycles. The van der Waals surface area contributed by atoms with Crippen LogP contribution in [0.25, 0.3) is 0 Å². The molecule has 0 radical (unpaired) electrons. The first kappa shape index (κ1) is 16.0. The van der Waals surface area contributed by atoms with Crippen LogP contribution in [-0.4, -0.2) is 47.2 Å². The maximum Gasteiger partial charge on any atom is 0.307 e. The van der Waals surface area contributed by atoms with Gasteiger partial charge in [0.25, 0.3) is 0 Å². The predicted molar refractivity (Wildman–Crippen MR) is 71.6 cm³/mol. The van der Waals surface area contributed by atoms with Crippen molar-refractivity contribution in [1.29, 1.82) is 0 Å². The number of aliphatic carboxylic acids is 1. The van der Waals surface area contributed by atoms with Gasteiger partial charge in [-0.05, 0) is 38.0 Å². The highest BCUT2D eigenvalue weighted by Gasteiger charge is 2.42. The first-order chi connectivity index (χ1) is 8.97. The molecule has 1 aliphatic carbocycles. The molecule has 2 N–H and O–H groups in total. The number of carboxylic acids is 1. The SMILES string of the molecule is CC1C[C@H](C(=O)N(C)CCCCCO)[C@H](C(=O)O)C1. The van der Waals surface area contributed by atoms with Gasteiger partial charge in [-0.15, -0.1) is 0 Å². The molecule has 3 atom stereocenters. The number of aliphatic hydroxyl groups is 1. The summed E-state index contributed by atoms with van der Waals surface area (Å²) in [6, 6.07) is 0. The Balaban J connectivity index is 2.48. The van der Waals surface area contributed by atoms with Gasteiger partial charge in [0.15, 0.2) is 0 Å². The number of nitrogens with zero attached hydrogens (tertiary/aromatic N) is 1. The van der Waals surface area contributed by atoms with Gasteiger partial charge in [-0.1, -0.05) is 6.92 Å². The van der Waals surface area contributed by atoms with Crippen LogP contribution in [-0.2, 0) is 9.59 Å². The topological polar surface area (TPSA) is 77.8 Å². The lowest BCUT2D eigenvalue weighted by molar-refractivity contribution is -0.148. The molecular weight excluding hydrogens is 246 g/mol. The third-order valence-electron chi connectivity index (χ3n) is 3.96. The van der Waals surface area contributed by atoms with Crippen molar-refractivity contribution >= 4 is 11.9 Å². The summed E-state index contributed by atoms with van der Waals surface area (Å²) in [6.07, 6.45) is 3.77. The molecule has 0 bridgehead atoms. The fraction of sp³-hybridized carbons (Fsp3) is 0.857. The third-order valence-corrected chi connectivity index (χ3v) is 3.96. The molecule has 0 aromatic rings. The van der Waals surface area contributed by atoms with Crippen molar-refractivity contribution in [3.8, 4) is 0 Å². The van der Waals surface area contributed by atoms with Crippen molar-refractivity contribution in [3.05, 3.63) is 0 Å². The van der Waals surface area contributed by atoms with Gasteiger partial charge in [0.05, 0.1) is 11.8 Å². The Bertz CT molecular complexity index is 319. The minimum Gasteiger partial charge on any atom is -0.481 e. The number of unbranched alkanes of at least 4 members (excludes halogenated alkanes) is 2. The van der Waals surface area contributed by atoms with Crippen LogP contribution >= 0.6 is 0 Å². The van der Waals surface area contributed by atoms with Crippen molar-refractivity contribution in [2.45, 2.75) is 39.0 Å². The first-order valence-corrected chi connectivity index (χ1v) is 7.06. The van der Waals surface area contributed by atoms with Gasteiger partial charge >= 0.3 is 5.97 Å². The maximum absolute atomic E-state index is 12.3. The summed E-state index contributed by atoms with van der Waals surface area (Å²) in [5, 5.41) is 17.9. The molecular formula is C14H25NO4. The second kappa shape index (κ2) is 7.48. The Kier molecular flexibility index (Phi) is 6.28. The molecule has 110 valence electrons. The standard InChI is InChI=1S/C14H25NO4/c1-10-8-11(12(9-10)14(18)19)13(17)15(2)6-4-3-5-7-16/h10-12,16H,3-9H2,1-2H3,(H,18,19)/t10?,11-,12+/m0/s1. The zero-order valence-corrected chi connectivity index (χ0v) is 11.8. The molecule has 1 fully saturated rings. The van der Waals surface area contributed by atoms with Gasteiger partial charge in [0, 0.05) is 20.2 Å². The average Bonchev–Trinajstić information content (AvgIpc) is 2.75. The van der Waals surface area contributed by atoms with Gasteiger partial charge in [-0.25, -0.2) is 0 Å². The zero-order valence-electron chi connectivity index (χ0n) is 11.8. The normalized spacial score (nSPS) is 26.4. The summed E-state index contributed by atoms with van der Waals surface area (Å²) in [4.78, 5) is 25.1. The van der Waals surface area contributed by atoms with E-state index >= 15 is 0 Å². The lowest BCUT2D eigenvalue weighted by Crippen LogP contribution is -2.37. The lowest BCUT2D eigenvalue weighted by atomic mass is 9.95. The number of carbonyl (C=O) groups excluding carboxylic acids is 1. The lowest BCUT2D eigenvalue weighted by Gasteiger charge is -2.23. The van der Waals surface area contributed by atoms with E-state index in [-0.39, 0.29) is 18.4 Å². The number of aliphatic hydroxyl groups excluding tert-OH is 1. The van der Waals surface area contributed by atoms with Crippen LogP contribution in [0, 0.1) is 17.8 Å². The van der Waals surface area contributed by atoms with Gasteiger partial charge < -0.3 is 15.1 Å². The largest absolute Gasteiger partial charge is 0.481 e. The summed E-state index contributed by atoms with van der Waals surface area (Å²) in [5.41, 5.74) is 0. The predicted octanol–water partition coefficient (Wildman–Crippen LogP) is 1.35. The van der Waals surface area contributed by atoms with Crippen LogP contribution < -0.4 is 0 Å². The Morgan fingerprint density at radius 3 is 2.37 bits per heavy atom. The van der Waals surface area contributed by atoms with E-state index in [2.05, 4.69) is 0 Å². The molecule has 1 rings (SSSR count). The fourth-order valence-corrected chi connectivity index (χ4v) is 2.87. The second-order valence-electron chi connectivity index (χ2n) is 5.67. The quantitative estimate of drug-likeness (QED) is 0.685. The number of carbonyl (C=O) groups is 2. The molecule has 0 aromatic heterocycles. The molecule has 19 heavy (non-hydrogen) atoms. The van der Waals surface area contributed by atoms with E-state index in [1.54, 1.807) is 11.9 Å². The van der Waals surface area contributed by atoms with E-state index in [1.165, 1.54) is 0 Å². The van der Waals surface area contributed by atoms with E-state index < -0.39 is 11.9 Å². The summed E-state index contributed by atoms with van der Waals surface area (Å²) in [5.74, 6) is -1.48. The van der Waals surface area contributed by atoms with Crippen molar-refractivity contribution < 1.29 is 19.8 Å². The molecule has 1 unspecified atom stereocenters. The summed E-state index contributed by atoms with van der Waals surface area (Å²) < 4.78 is 0. The molecule has 5 nitrogen and oxygen atoms in total. The number of hydrogen-bond donors (Lipinski definition) is 2. The van der Waals surface area contributed by atoms with Crippen LogP contribution in [0.5, 0.6) is 0 Å². The Labute approximate surface area is 114 Å². The van der Waals surface area contributed by atoms with Crippen LogP contribution in [0.4, 0.5) is 0 Å². The van der Waals surface area contributed by atoms with Crippen LogP contribution in [0.15, 0.2) is 0 Å². The van der Waals surface area contributed by atoms with E-state index in [1.807, 2.05) is 6.92 Å². The molecule has 5 heteroatoms. The Morgan fingerprint density at radius 1 is 1.16 bits per heavy atom. The first-order valence-electron chi connectivity index (χ1n) is 7.06. The maximum atomic E-state index is 12.3. The van der Waals surface area contributed by atoms with E-state index in [0.29, 0.717) is 25.3 Å². The monoisotopic (exact) mass is 271 g/mol. The fourth-order valence-electron chi connectivity index (χ4n) is 2.87. The molecule has 0 aliphatic heterocycles. The molecule has 1 aliphatic rings. The third kappa shape index (κ3) is 4.49. The van der Waals surface area contributed by atoms with Gasteiger partial charge in [-0.2, -0.15) is 0 Å². The van der Waals surface area contributed by atoms with Crippen LogP contribution in [0.2, 0.25) is 0 Å². The summed E-state index contributed by atoms with van der Waals surface area (Å²) in [7, 11) is 1.74. The number of rotatable bonds is 7. The highest BCUT2D eigenvalue weighted by atomic mass is 16.4. The smallest absolute Gasteiger partial charge is 0.307 e. The average molecular weight is 271 g/mol. The van der Waals surface area contributed by atoms with E-state index in [4.69, 9.17) is 5.11 Å². The molecule has 1 saturated carbocycles. The number of amides is 1. The highest BCUT2D eigenvalue weighted by Crippen LogP contribution is 2.37. The summed E-state index contributed by atoms with van der Waals surface area (Å²) in [6.45, 7) is 2.82. The van der Waals surface area contributed by atoms with E-state index in [0.717, 1.165) is 19.3 Å². The summed E-state index contributed by atoms with van der Waals surface area (Å²) >= 11 is 0. The Hall–Kier alpha value is -1.10. The number of hydrogen-bond acceptors (Lipinski definition) is 3. The molecule has 1 amide bonds. The van der Waals surface area contributed by atoms with Gasteiger partial charge in [-0.3, -0.25) is 9.59 Å². The van der Waals surface area contributed by atoms with E-state index in [9.17, 15) is 14.7 Å². The second-order valence-corrected chi connectivity index (χ2v) is 5.67. The molecule has 0 spiro atoms. The van der Waals surface area contributed by atoms with Crippen molar-refractivity contribution in [1.82, 2.24) is 4.90 Å². The molecule has 0 heterocycles.